The predicted octanol–water partition coefficient (Wildman–Crippen LogP) is 3.61. The molecule has 1 fully saturated rings. The van der Waals surface area contributed by atoms with Crippen molar-refractivity contribution in [3.05, 3.63) is 72.3 Å². The molecule has 2 aromatic rings. The largest absolute Gasteiger partial charge is 0.486 e. The van der Waals surface area contributed by atoms with E-state index in [1.807, 2.05) is 0 Å². The van der Waals surface area contributed by atoms with Gasteiger partial charge in [-0.3, -0.25) is 0 Å². The van der Waals surface area contributed by atoms with Gasteiger partial charge in [0.25, 0.3) is 0 Å². The molecule has 4 heteroatoms. The lowest BCUT2D eigenvalue weighted by atomic mass is 9.90. The molecule has 0 saturated carbocycles. The number of hydrogen-bond acceptors (Lipinski definition) is 2. The second-order valence-corrected chi connectivity index (χ2v) is 12.0. The van der Waals surface area contributed by atoms with Gasteiger partial charge in [-0.2, -0.15) is 0 Å². The summed E-state index contributed by atoms with van der Waals surface area (Å²) in [5.74, 6) is 0. The molecule has 0 aliphatic carbocycles. The summed E-state index contributed by atoms with van der Waals surface area (Å²) in [7, 11) is -2.63. The van der Waals surface area contributed by atoms with Crippen molar-refractivity contribution >= 4 is 25.6 Å². The van der Waals surface area contributed by atoms with Crippen LogP contribution >= 0.6 is 0 Å². The predicted molar refractivity (Wildman–Crippen MR) is 109 cm³/mol. The third-order valence-electron chi connectivity index (χ3n) is 5.88. The van der Waals surface area contributed by atoms with Crippen LogP contribution in [0.1, 0.15) is 27.7 Å². The molecule has 25 heavy (non-hydrogen) atoms. The van der Waals surface area contributed by atoms with Crippen molar-refractivity contribution in [3.8, 4) is 0 Å². The second-order valence-electron chi connectivity index (χ2n) is 7.97. The molecule has 1 aliphatic heterocycles. The van der Waals surface area contributed by atoms with Gasteiger partial charge in [-0.05, 0) is 32.8 Å². The maximum Gasteiger partial charge on any atom is 0.486 e. The minimum Gasteiger partial charge on any atom is -0.400 e. The molecule has 3 rings (SSSR count). The molecule has 0 amide bonds. The zero-order chi connectivity index (χ0) is 18.3. The molecule has 0 spiro atoms. The third kappa shape index (κ3) is 3.03. The SMILES string of the molecule is C=C(B1OC(C)(C)C(C)(C)O1)[Si](C)(c1ccccc1)c1ccccc1. The zero-order valence-electron chi connectivity index (χ0n) is 15.9. The summed E-state index contributed by atoms with van der Waals surface area (Å²) < 4.78 is 12.7. The lowest BCUT2D eigenvalue weighted by molar-refractivity contribution is 0.00578. The highest BCUT2D eigenvalue weighted by Crippen LogP contribution is 2.39. The summed E-state index contributed by atoms with van der Waals surface area (Å²) >= 11 is 0. The van der Waals surface area contributed by atoms with Crippen LogP contribution < -0.4 is 10.4 Å². The molecular formula is C21H27BO2Si. The van der Waals surface area contributed by atoms with Gasteiger partial charge in [0.1, 0.15) is 8.07 Å². The van der Waals surface area contributed by atoms with E-state index in [-0.39, 0.29) is 18.3 Å². The molecule has 0 radical (unpaired) electrons. The van der Waals surface area contributed by atoms with Gasteiger partial charge in [0.2, 0.25) is 0 Å². The van der Waals surface area contributed by atoms with Gasteiger partial charge in [0.05, 0.1) is 11.2 Å². The van der Waals surface area contributed by atoms with E-state index < -0.39 is 8.07 Å². The standard InChI is InChI=1S/C21H27BO2Si/c1-17(22-23-20(2,3)21(4,5)24-22)25(6,18-13-9-7-10-14-18)19-15-11-8-12-16-19/h7-16H,1H2,2-6H3. The fourth-order valence-electron chi connectivity index (χ4n) is 3.30. The molecule has 0 unspecified atom stereocenters. The Hall–Kier alpha value is -1.62. The van der Waals surface area contributed by atoms with Crippen molar-refractivity contribution < 1.29 is 9.31 Å². The molecule has 0 bridgehead atoms. The van der Waals surface area contributed by atoms with Crippen molar-refractivity contribution in [1.82, 2.24) is 0 Å². The average molecular weight is 350 g/mol. The van der Waals surface area contributed by atoms with Crippen molar-refractivity contribution in [2.45, 2.75) is 45.4 Å². The van der Waals surface area contributed by atoms with E-state index in [0.717, 1.165) is 5.10 Å². The van der Waals surface area contributed by atoms with E-state index in [9.17, 15) is 0 Å². The Morgan fingerprint density at radius 2 is 1.16 bits per heavy atom. The minimum atomic E-state index is -2.24. The van der Waals surface area contributed by atoms with Crippen LogP contribution in [-0.4, -0.2) is 26.4 Å². The topological polar surface area (TPSA) is 18.5 Å². The Balaban J connectivity index is 2.06. The first kappa shape index (κ1) is 18.2. The van der Waals surface area contributed by atoms with Crippen molar-refractivity contribution in [2.75, 3.05) is 0 Å². The first-order chi connectivity index (χ1) is 11.7. The second kappa shape index (κ2) is 6.27. The van der Waals surface area contributed by atoms with Crippen LogP contribution in [0.4, 0.5) is 0 Å². The summed E-state index contributed by atoms with van der Waals surface area (Å²) in [6.07, 6.45) is 0. The quantitative estimate of drug-likeness (QED) is 0.785. The van der Waals surface area contributed by atoms with Crippen LogP contribution in [0.5, 0.6) is 0 Å². The third-order valence-corrected chi connectivity index (χ3v) is 10.4. The maximum atomic E-state index is 6.33. The smallest absolute Gasteiger partial charge is 0.400 e. The van der Waals surface area contributed by atoms with E-state index in [1.165, 1.54) is 10.4 Å². The normalized spacial score (nSPS) is 19.0. The van der Waals surface area contributed by atoms with Crippen molar-refractivity contribution in [2.24, 2.45) is 0 Å². The Kier molecular flexibility index (Phi) is 4.56. The van der Waals surface area contributed by atoms with Gasteiger partial charge in [-0.15, -0.1) is 6.58 Å². The van der Waals surface area contributed by atoms with E-state index >= 15 is 0 Å². The summed E-state index contributed by atoms with van der Waals surface area (Å²) in [6, 6.07) is 21.3. The average Bonchev–Trinajstić information content (AvgIpc) is 2.82. The molecule has 2 aromatic carbocycles. The Labute approximate surface area is 153 Å². The zero-order valence-corrected chi connectivity index (χ0v) is 16.9. The first-order valence-electron chi connectivity index (χ1n) is 8.84. The van der Waals surface area contributed by atoms with E-state index in [4.69, 9.17) is 9.31 Å². The summed E-state index contributed by atoms with van der Waals surface area (Å²) in [5.41, 5.74) is -0.716. The number of benzene rings is 2. The highest BCUT2D eigenvalue weighted by molar-refractivity contribution is 7.13. The maximum absolute atomic E-state index is 6.33. The van der Waals surface area contributed by atoms with Gasteiger partial charge in [-0.25, -0.2) is 0 Å². The van der Waals surface area contributed by atoms with E-state index in [0.29, 0.717) is 0 Å². The Morgan fingerprint density at radius 1 is 0.800 bits per heavy atom. The van der Waals surface area contributed by atoms with Crippen LogP contribution in [0.25, 0.3) is 0 Å². The molecule has 1 saturated heterocycles. The molecular weight excluding hydrogens is 323 g/mol. The van der Waals surface area contributed by atoms with Crippen molar-refractivity contribution in [1.29, 1.82) is 0 Å². The fourth-order valence-corrected chi connectivity index (χ4v) is 6.68. The van der Waals surface area contributed by atoms with Crippen LogP contribution in [0.15, 0.2) is 72.3 Å². The highest BCUT2D eigenvalue weighted by atomic mass is 28.3. The summed E-state index contributed by atoms with van der Waals surface area (Å²) in [5, 5.41) is 3.70. The number of rotatable bonds is 4. The highest BCUT2D eigenvalue weighted by Gasteiger charge is 2.55. The van der Waals surface area contributed by atoms with Crippen LogP contribution in [0, 0.1) is 0 Å². The fraction of sp³-hybridized carbons (Fsp3) is 0.333. The van der Waals surface area contributed by atoms with Crippen LogP contribution in [-0.2, 0) is 9.31 Å². The lowest BCUT2D eigenvalue weighted by Crippen LogP contribution is -2.60. The van der Waals surface area contributed by atoms with Gasteiger partial charge in [-0.1, -0.05) is 77.6 Å². The molecule has 0 N–H and O–H groups in total. The van der Waals surface area contributed by atoms with Gasteiger partial charge >= 0.3 is 7.12 Å². The van der Waals surface area contributed by atoms with Gasteiger partial charge in [0, 0.05) is 0 Å². The van der Waals surface area contributed by atoms with E-state index in [1.54, 1.807) is 0 Å². The minimum absolute atomic E-state index is 0.358. The molecule has 130 valence electrons. The Bertz CT molecular complexity index is 700. The number of hydrogen-bond donors (Lipinski definition) is 0. The molecule has 1 aliphatic rings. The molecule has 0 atom stereocenters. The van der Waals surface area contributed by atoms with Crippen LogP contribution in [0.2, 0.25) is 6.55 Å². The Morgan fingerprint density at radius 3 is 1.52 bits per heavy atom. The lowest BCUT2D eigenvalue weighted by Gasteiger charge is -2.32. The van der Waals surface area contributed by atoms with E-state index in [2.05, 4.69) is 101 Å². The van der Waals surface area contributed by atoms with Crippen molar-refractivity contribution in [3.63, 3.8) is 0 Å². The summed E-state index contributed by atoms with van der Waals surface area (Å²) in [6.45, 7) is 15.2. The molecule has 1 heterocycles. The first-order valence-corrected chi connectivity index (χ1v) is 11.3. The summed E-state index contributed by atoms with van der Waals surface area (Å²) in [4.78, 5) is 0. The molecule has 2 nitrogen and oxygen atoms in total. The van der Waals surface area contributed by atoms with Gasteiger partial charge in [0.15, 0.2) is 0 Å². The van der Waals surface area contributed by atoms with Crippen LogP contribution in [0.3, 0.4) is 0 Å². The molecule has 0 aromatic heterocycles. The monoisotopic (exact) mass is 350 g/mol. The van der Waals surface area contributed by atoms with Gasteiger partial charge < -0.3 is 9.31 Å².